The smallest absolute Gasteiger partial charge is 0.245 e. The summed E-state index contributed by atoms with van der Waals surface area (Å²) >= 11 is 0. The minimum atomic E-state index is -0.772. The van der Waals surface area contributed by atoms with Gasteiger partial charge in [0, 0.05) is 53.5 Å². The molecule has 4 aliphatic rings. The zero-order chi connectivity index (χ0) is 55.9. The molecule has 1 N–H and O–H groups in total. The van der Waals surface area contributed by atoms with E-state index in [1.54, 1.807) is 54.6 Å². The average molecular weight is 1060 g/mol. The fourth-order valence-corrected chi connectivity index (χ4v) is 13.8. The quantitative estimate of drug-likeness (QED) is 0.109. The summed E-state index contributed by atoms with van der Waals surface area (Å²) in [5.74, 6) is 2.27. The first kappa shape index (κ1) is 60.6. The Hall–Kier alpha value is -4.64. The standard InChI is InChI=1S/C60H96N6O10/c1-18-37(7)56(63(11)60(70)54(35(3)4)61-58(68)55(36(5)6)62(9)10)52(75-16)33-53(67)65-24-20-21-45(65)57(76-17)38(8)59(69)66-26-23-41-30-49(72-13)51(74-15)32-44(41)47(66)28-42-27-46-43-31-50(73-14)48(71-12)29-40(43)22-25-64(46)34-39(42)19-2/h29-32,35-39,42,45-47,52,54-57H,18-28,33-34H2,1-17H3,(H,61,68)/t37-,38+,39-,42+,45-,46-,47+,52+,54-,55-,56-,57+/m0/s1. The summed E-state index contributed by atoms with van der Waals surface area (Å²) < 4.78 is 35.9. The molecular weight excluding hydrogens is 965 g/mol. The lowest BCUT2D eigenvalue weighted by Gasteiger charge is -2.49. The lowest BCUT2D eigenvalue weighted by Crippen LogP contribution is -2.59. The molecule has 2 fully saturated rings. The Labute approximate surface area is 456 Å². The van der Waals surface area contributed by atoms with Gasteiger partial charge in [-0.3, -0.25) is 29.0 Å². The number of likely N-dealkylation sites (tertiary alicyclic amines) is 1. The van der Waals surface area contributed by atoms with Crippen LogP contribution in [0.15, 0.2) is 24.3 Å². The number of rotatable bonds is 24. The van der Waals surface area contributed by atoms with Gasteiger partial charge in [0.05, 0.1) is 77.2 Å². The van der Waals surface area contributed by atoms with E-state index >= 15 is 4.79 Å². The minimum Gasteiger partial charge on any atom is -0.493 e. The summed E-state index contributed by atoms with van der Waals surface area (Å²) in [6, 6.07) is 6.50. The van der Waals surface area contributed by atoms with Gasteiger partial charge < -0.3 is 48.4 Å². The first-order valence-corrected chi connectivity index (χ1v) is 28.4. The molecule has 4 aliphatic heterocycles. The van der Waals surface area contributed by atoms with Crippen LogP contribution < -0.4 is 24.3 Å². The second-order valence-corrected chi connectivity index (χ2v) is 23.2. The van der Waals surface area contributed by atoms with Crippen LogP contribution in [0.4, 0.5) is 0 Å². The minimum absolute atomic E-state index is 0.00532. The van der Waals surface area contributed by atoms with Gasteiger partial charge in [-0.2, -0.15) is 0 Å². The van der Waals surface area contributed by atoms with Crippen LogP contribution in [0.3, 0.4) is 0 Å². The van der Waals surface area contributed by atoms with Crippen molar-refractivity contribution in [2.75, 3.05) is 90.0 Å². The summed E-state index contributed by atoms with van der Waals surface area (Å²) in [6.45, 7) is 19.3. The maximum atomic E-state index is 15.5. The number of fused-ring (bicyclic) bond motifs is 4. The number of piperidine rings is 1. The molecule has 0 aliphatic carbocycles. The normalized spacial score (nSPS) is 23.4. The van der Waals surface area contributed by atoms with E-state index in [-0.39, 0.29) is 65.9 Å². The highest BCUT2D eigenvalue weighted by molar-refractivity contribution is 5.90. The Balaban J connectivity index is 1.26. The van der Waals surface area contributed by atoms with Crippen molar-refractivity contribution in [3.63, 3.8) is 0 Å². The highest BCUT2D eigenvalue weighted by Gasteiger charge is 2.47. The van der Waals surface area contributed by atoms with Crippen molar-refractivity contribution in [1.82, 2.24) is 29.8 Å². The Morgan fingerprint density at radius 2 is 1.32 bits per heavy atom. The molecule has 0 spiro atoms. The molecule has 12 atom stereocenters. The van der Waals surface area contributed by atoms with Gasteiger partial charge in [0.2, 0.25) is 23.6 Å². The van der Waals surface area contributed by atoms with E-state index in [1.807, 2.05) is 58.5 Å². The summed E-state index contributed by atoms with van der Waals surface area (Å²) in [6.07, 6.45) is 5.39. The van der Waals surface area contributed by atoms with E-state index < -0.39 is 36.3 Å². The largest absolute Gasteiger partial charge is 0.493 e. The molecule has 0 radical (unpaired) electrons. The highest BCUT2D eigenvalue weighted by atomic mass is 16.5. The predicted molar refractivity (Wildman–Crippen MR) is 297 cm³/mol. The number of nitrogens with one attached hydrogen (secondary N) is 1. The fourth-order valence-electron chi connectivity index (χ4n) is 13.8. The average Bonchev–Trinajstić information content (AvgIpc) is 3.92. The van der Waals surface area contributed by atoms with E-state index in [0.717, 1.165) is 74.2 Å². The van der Waals surface area contributed by atoms with Gasteiger partial charge in [-0.15, -0.1) is 0 Å². The number of nitrogens with zero attached hydrogens (tertiary/aromatic N) is 5. The number of carbonyl (C=O) groups excluding carboxylic acids is 4. The monoisotopic (exact) mass is 1060 g/mol. The number of benzene rings is 2. The molecule has 2 saturated heterocycles. The third kappa shape index (κ3) is 12.8. The molecule has 16 nitrogen and oxygen atoms in total. The van der Waals surface area contributed by atoms with Crippen molar-refractivity contribution in [2.45, 2.75) is 162 Å². The number of hydrogen-bond donors (Lipinski definition) is 1. The Bertz CT molecular complexity index is 2280. The molecule has 6 rings (SSSR count). The van der Waals surface area contributed by atoms with Gasteiger partial charge in [0.25, 0.3) is 0 Å². The van der Waals surface area contributed by atoms with Gasteiger partial charge in [-0.05, 0) is 129 Å². The number of methoxy groups -OCH3 is 6. The lowest BCUT2D eigenvalue weighted by molar-refractivity contribution is -0.150. The first-order chi connectivity index (χ1) is 36.2. The van der Waals surface area contributed by atoms with Crippen molar-refractivity contribution in [3.05, 3.63) is 46.5 Å². The van der Waals surface area contributed by atoms with Crippen LogP contribution in [-0.2, 0) is 41.5 Å². The van der Waals surface area contributed by atoms with Gasteiger partial charge >= 0.3 is 0 Å². The van der Waals surface area contributed by atoms with Crippen molar-refractivity contribution in [2.24, 2.45) is 35.5 Å². The van der Waals surface area contributed by atoms with Crippen LogP contribution in [0.2, 0.25) is 0 Å². The van der Waals surface area contributed by atoms with E-state index in [4.69, 9.17) is 28.4 Å². The summed E-state index contributed by atoms with van der Waals surface area (Å²) in [5.41, 5.74) is 4.85. The molecule has 2 aromatic carbocycles. The number of ether oxygens (including phenoxy) is 6. The third-order valence-corrected chi connectivity index (χ3v) is 18.0. The topological polar surface area (TPSA) is 152 Å². The second-order valence-electron chi connectivity index (χ2n) is 23.2. The molecule has 0 unspecified atom stereocenters. The zero-order valence-corrected chi connectivity index (χ0v) is 49.4. The number of carbonyl (C=O) groups is 4. The van der Waals surface area contributed by atoms with E-state index in [1.165, 1.54) is 11.1 Å². The summed E-state index contributed by atoms with van der Waals surface area (Å²) in [4.78, 5) is 68.9. The zero-order valence-electron chi connectivity index (χ0n) is 49.4. The molecule has 0 bridgehead atoms. The summed E-state index contributed by atoms with van der Waals surface area (Å²) in [5, 5.41) is 3.09. The molecule has 0 saturated carbocycles. The van der Waals surface area contributed by atoms with Crippen LogP contribution in [0.5, 0.6) is 23.0 Å². The third-order valence-electron chi connectivity index (χ3n) is 18.0. The van der Waals surface area contributed by atoms with Crippen LogP contribution in [0, 0.1) is 35.5 Å². The molecule has 76 heavy (non-hydrogen) atoms. The Morgan fingerprint density at radius 1 is 0.724 bits per heavy atom. The van der Waals surface area contributed by atoms with Crippen molar-refractivity contribution in [1.29, 1.82) is 0 Å². The number of hydrogen-bond acceptors (Lipinski definition) is 12. The number of likely N-dealkylation sites (N-methyl/N-ethyl adjacent to an activating group) is 2. The van der Waals surface area contributed by atoms with Crippen LogP contribution in [-0.4, -0.2) is 174 Å². The van der Waals surface area contributed by atoms with E-state index in [2.05, 4.69) is 60.2 Å². The maximum Gasteiger partial charge on any atom is 0.245 e. The maximum absolute atomic E-state index is 15.5. The van der Waals surface area contributed by atoms with E-state index in [0.29, 0.717) is 49.3 Å². The second kappa shape index (κ2) is 26.8. The molecule has 16 heteroatoms. The molecule has 0 aromatic heterocycles. The predicted octanol–water partition coefficient (Wildman–Crippen LogP) is 7.83. The van der Waals surface area contributed by atoms with Crippen LogP contribution in [0.1, 0.15) is 135 Å². The summed E-state index contributed by atoms with van der Waals surface area (Å²) in [7, 11) is 15.5. The van der Waals surface area contributed by atoms with Crippen molar-refractivity contribution >= 4 is 23.6 Å². The number of amides is 4. The van der Waals surface area contributed by atoms with Crippen LogP contribution >= 0.6 is 0 Å². The van der Waals surface area contributed by atoms with Gasteiger partial charge in [0.1, 0.15) is 6.04 Å². The SMILES string of the molecule is CC[C@H]1CN2CCc3cc(OC)c(OC)cc3[C@@H]2C[C@@H]1C[C@@H]1c2cc(OC)c(OC)cc2CCN1C(=O)[C@H](C)[C@@H](OC)[C@@H]1CCCN1C(=O)C[C@@H](OC)[C@H]([C@@H](C)CC)N(C)C(=O)[C@@H](NC(=O)[C@H](C(C)C)N(C)C)C(C)C. The van der Waals surface area contributed by atoms with E-state index in [9.17, 15) is 14.4 Å². The molecular formula is C60H96N6O10. The molecule has 4 amide bonds. The van der Waals surface area contributed by atoms with Crippen molar-refractivity contribution in [3.8, 4) is 23.0 Å². The fraction of sp³-hybridized carbons (Fsp3) is 0.733. The Morgan fingerprint density at radius 3 is 1.86 bits per heavy atom. The molecule has 426 valence electrons. The molecule has 2 aromatic rings. The van der Waals surface area contributed by atoms with Gasteiger partial charge in [-0.25, -0.2) is 0 Å². The first-order valence-electron chi connectivity index (χ1n) is 28.4. The van der Waals surface area contributed by atoms with Gasteiger partial charge in [-0.1, -0.05) is 68.2 Å². The van der Waals surface area contributed by atoms with Crippen molar-refractivity contribution < 1.29 is 47.6 Å². The molecule has 4 heterocycles. The Kier molecular flexibility index (Phi) is 21.4. The lowest BCUT2D eigenvalue weighted by atomic mass is 9.72. The van der Waals surface area contributed by atoms with Gasteiger partial charge in [0.15, 0.2) is 23.0 Å². The van der Waals surface area contributed by atoms with Crippen LogP contribution in [0.25, 0.3) is 0 Å². The highest BCUT2D eigenvalue weighted by Crippen LogP contribution is 2.50.